The predicted molar refractivity (Wildman–Crippen MR) is 136 cm³/mol. The van der Waals surface area contributed by atoms with Gasteiger partial charge in [0.05, 0.1) is 51.5 Å². The Hall–Kier alpha value is -2.64. The lowest BCUT2D eigenvalue weighted by atomic mass is 9.86. The zero-order valence-corrected chi connectivity index (χ0v) is 21.6. The van der Waals surface area contributed by atoms with Crippen molar-refractivity contribution >= 4 is 58.3 Å². The van der Waals surface area contributed by atoms with Crippen LogP contribution >= 0.6 is 46.4 Å². The summed E-state index contributed by atoms with van der Waals surface area (Å²) in [5, 5.41) is 10.4. The minimum Gasteiger partial charge on any atom is -0.496 e. The summed E-state index contributed by atoms with van der Waals surface area (Å²) >= 11 is 25.2. The number of nitrogens with zero attached hydrogens (tertiary/aromatic N) is 1. The van der Waals surface area contributed by atoms with Gasteiger partial charge in [0.15, 0.2) is 0 Å². The zero-order chi connectivity index (χ0) is 25.4. The van der Waals surface area contributed by atoms with Gasteiger partial charge >= 0.3 is 5.97 Å². The van der Waals surface area contributed by atoms with E-state index in [9.17, 15) is 14.7 Å². The van der Waals surface area contributed by atoms with Gasteiger partial charge in [0, 0.05) is 17.7 Å². The molecule has 0 saturated carbocycles. The number of hydrogen-bond donors (Lipinski definition) is 1. The molecule has 6 nitrogen and oxygen atoms in total. The molecular formula is C25H19Cl4NO5. The summed E-state index contributed by atoms with van der Waals surface area (Å²) < 4.78 is 11.2. The number of halogens is 4. The van der Waals surface area contributed by atoms with Gasteiger partial charge in [-0.2, -0.15) is 0 Å². The number of rotatable bonds is 5. The molecule has 1 heterocycles. The number of carboxylic acid groups (broad SMARTS) is 1. The van der Waals surface area contributed by atoms with E-state index in [4.69, 9.17) is 55.9 Å². The van der Waals surface area contributed by atoms with Crippen molar-refractivity contribution in [2.24, 2.45) is 0 Å². The molecule has 3 aromatic rings. The summed E-state index contributed by atoms with van der Waals surface area (Å²) in [6.45, 7) is 0.238. The van der Waals surface area contributed by atoms with Crippen LogP contribution in [0.1, 0.15) is 43.4 Å². The minimum absolute atomic E-state index is 0.0328. The summed E-state index contributed by atoms with van der Waals surface area (Å²) in [4.78, 5) is 27.4. The van der Waals surface area contributed by atoms with E-state index < -0.39 is 17.9 Å². The molecule has 1 atom stereocenters. The first kappa shape index (κ1) is 25.5. The van der Waals surface area contributed by atoms with Gasteiger partial charge in [0.2, 0.25) is 0 Å². The van der Waals surface area contributed by atoms with E-state index in [1.54, 1.807) is 37.4 Å². The molecule has 182 valence electrons. The van der Waals surface area contributed by atoms with E-state index in [1.807, 2.05) is 0 Å². The highest BCUT2D eigenvalue weighted by molar-refractivity contribution is 6.43. The molecule has 0 fully saturated rings. The second-order valence-electron chi connectivity index (χ2n) is 7.77. The van der Waals surface area contributed by atoms with Crippen LogP contribution in [-0.4, -0.2) is 42.6 Å². The lowest BCUT2D eigenvalue weighted by Crippen LogP contribution is -2.41. The van der Waals surface area contributed by atoms with Gasteiger partial charge in [0.25, 0.3) is 5.91 Å². The number of carbonyl (C=O) groups excluding carboxylic acids is 1. The number of aromatic carboxylic acids is 1. The van der Waals surface area contributed by atoms with Gasteiger partial charge < -0.3 is 19.5 Å². The highest BCUT2D eigenvalue weighted by atomic mass is 35.5. The van der Waals surface area contributed by atoms with Gasteiger partial charge in [-0.05, 0) is 42.3 Å². The molecule has 35 heavy (non-hydrogen) atoms. The molecule has 0 aromatic heterocycles. The number of ether oxygens (including phenoxy) is 2. The smallest absolute Gasteiger partial charge is 0.336 e. The van der Waals surface area contributed by atoms with Gasteiger partial charge in [-0.1, -0.05) is 58.5 Å². The molecule has 0 saturated heterocycles. The topological polar surface area (TPSA) is 76.1 Å². The summed E-state index contributed by atoms with van der Waals surface area (Å²) in [6.07, 6.45) is 0.430. The second-order valence-corrected chi connectivity index (χ2v) is 9.37. The van der Waals surface area contributed by atoms with E-state index in [0.29, 0.717) is 34.1 Å². The van der Waals surface area contributed by atoms with Crippen LogP contribution in [0.25, 0.3) is 0 Å². The number of amides is 1. The molecule has 0 radical (unpaired) electrons. The molecule has 0 bridgehead atoms. The maximum Gasteiger partial charge on any atom is 0.336 e. The quantitative estimate of drug-likeness (QED) is 0.375. The number of carbonyl (C=O) groups is 2. The molecule has 1 aliphatic heterocycles. The van der Waals surface area contributed by atoms with Crippen molar-refractivity contribution in [3.8, 4) is 11.5 Å². The van der Waals surface area contributed by atoms with Crippen molar-refractivity contribution in [3.05, 3.63) is 90.4 Å². The maximum absolute atomic E-state index is 13.9. The fraction of sp³-hybridized carbons (Fsp3) is 0.200. The Morgan fingerprint density at radius 1 is 0.914 bits per heavy atom. The van der Waals surface area contributed by atoms with Gasteiger partial charge in [-0.3, -0.25) is 4.79 Å². The number of methoxy groups -OCH3 is 2. The average molecular weight is 555 g/mol. The molecule has 0 spiro atoms. The first-order chi connectivity index (χ1) is 16.7. The van der Waals surface area contributed by atoms with Crippen molar-refractivity contribution in [3.63, 3.8) is 0 Å². The van der Waals surface area contributed by atoms with Crippen LogP contribution in [0.5, 0.6) is 11.5 Å². The predicted octanol–water partition coefficient (Wildman–Crippen LogP) is 6.80. The van der Waals surface area contributed by atoms with Crippen LogP contribution in [0.15, 0.2) is 42.5 Å². The van der Waals surface area contributed by atoms with Crippen molar-refractivity contribution in [1.82, 2.24) is 4.90 Å². The maximum atomic E-state index is 13.9. The number of benzene rings is 3. The summed E-state index contributed by atoms with van der Waals surface area (Å²) in [5.74, 6) is -0.706. The van der Waals surface area contributed by atoms with Crippen LogP contribution in [0.2, 0.25) is 20.1 Å². The monoisotopic (exact) mass is 553 g/mol. The summed E-state index contributed by atoms with van der Waals surface area (Å²) in [5.41, 5.74) is 1.72. The Morgan fingerprint density at radius 3 is 2.17 bits per heavy atom. The summed E-state index contributed by atoms with van der Waals surface area (Å²) in [6, 6.07) is 10.4. The molecule has 10 heteroatoms. The van der Waals surface area contributed by atoms with Crippen LogP contribution in [-0.2, 0) is 6.42 Å². The lowest BCUT2D eigenvalue weighted by molar-refractivity contribution is 0.0651. The largest absolute Gasteiger partial charge is 0.496 e. The number of fused-ring (bicyclic) bond motifs is 1. The van der Waals surface area contributed by atoms with Crippen molar-refractivity contribution in [2.45, 2.75) is 12.5 Å². The molecule has 3 aromatic carbocycles. The molecule has 1 aliphatic rings. The third kappa shape index (κ3) is 4.52. The van der Waals surface area contributed by atoms with Gasteiger partial charge in [-0.25, -0.2) is 4.79 Å². The van der Waals surface area contributed by atoms with E-state index >= 15 is 0 Å². The van der Waals surface area contributed by atoms with Crippen LogP contribution in [0.3, 0.4) is 0 Å². The van der Waals surface area contributed by atoms with E-state index in [0.717, 1.165) is 5.56 Å². The standard InChI is InChI=1S/C25H19Cl4NO5/c1-34-19-6-7-20(35-2)21-12(19)8-9-30(23(21)13-4-3-5-16(26)22(13)29)24(31)14-10-17(27)18(28)11-15(14)25(32)33/h3-7,10-11,23H,8-9H2,1-2H3,(H,32,33). The first-order valence-corrected chi connectivity index (χ1v) is 11.9. The fourth-order valence-corrected chi connectivity index (χ4v) is 5.14. The number of carboxylic acids is 1. The van der Waals surface area contributed by atoms with Gasteiger partial charge in [-0.15, -0.1) is 0 Å². The van der Waals surface area contributed by atoms with Gasteiger partial charge in [0.1, 0.15) is 11.5 Å². The average Bonchev–Trinajstić information content (AvgIpc) is 2.85. The Morgan fingerprint density at radius 2 is 1.54 bits per heavy atom. The molecule has 1 N–H and O–H groups in total. The highest BCUT2D eigenvalue weighted by Gasteiger charge is 2.39. The Balaban J connectivity index is 1.99. The molecule has 1 unspecified atom stereocenters. The Bertz CT molecular complexity index is 1340. The normalized spacial score (nSPS) is 14.9. The third-order valence-electron chi connectivity index (χ3n) is 5.96. The number of hydrogen-bond acceptors (Lipinski definition) is 4. The van der Waals surface area contributed by atoms with Crippen LogP contribution in [0, 0.1) is 0 Å². The summed E-state index contributed by atoms with van der Waals surface area (Å²) in [7, 11) is 3.09. The molecule has 1 amide bonds. The van der Waals surface area contributed by atoms with Crippen LogP contribution < -0.4 is 9.47 Å². The van der Waals surface area contributed by atoms with Crippen molar-refractivity contribution < 1.29 is 24.2 Å². The zero-order valence-electron chi connectivity index (χ0n) is 18.6. The van der Waals surface area contributed by atoms with E-state index in [-0.39, 0.29) is 32.7 Å². The van der Waals surface area contributed by atoms with E-state index in [2.05, 4.69) is 0 Å². The second kappa shape index (κ2) is 10.2. The van der Waals surface area contributed by atoms with Crippen LogP contribution in [0.4, 0.5) is 0 Å². The highest BCUT2D eigenvalue weighted by Crippen LogP contribution is 2.47. The first-order valence-electron chi connectivity index (χ1n) is 10.4. The fourth-order valence-electron chi connectivity index (χ4n) is 4.40. The van der Waals surface area contributed by atoms with Crippen molar-refractivity contribution in [2.75, 3.05) is 20.8 Å². The molecule has 0 aliphatic carbocycles. The molecule has 4 rings (SSSR count). The third-order valence-corrected chi connectivity index (χ3v) is 7.52. The Labute approximate surface area is 221 Å². The Kier molecular flexibility index (Phi) is 7.38. The van der Waals surface area contributed by atoms with E-state index in [1.165, 1.54) is 24.1 Å². The van der Waals surface area contributed by atoms with Crippen molar-refractivity contribution in [1.29, 1.82) is 0 Å². The lowest BCUT2D eigenvalue weighted by Gasteiger charge is -2.39. The SMILES string of the molecule is COc1ccc(OC)c2c1CCN(C(=O)c1cc(Cl)c(Cl)cc1C(=O)O)C2c1cccc(Cl)c1Cl. The minimum atomic E-state index is -1.30. The molecular weight excluding hydrogens is 536 g/mol.